The van der Waals surface area contributed by atoms with Crippen molar-refractivity contribution in [1.29, 1.82) is 0 Å². The Morgan fingerprint density at radius 3 is 2.58 bits per heavy atom. The Hall–Kier alpha value is -3.08. The summed E-state index contributed by atoms with van der Waals surface area (Å²) in [4.78, 5) is 0. The Morgan fingerprint density at radius 1 is 0.958 bits per heavy atom. The lowest BCUT2D eigenvalue weighted by atomic mass is 10.2. The van der Waals surface area contributed by atoms with Crippen LogP contribution < -0.4 is 9.47 Å². The molecular weight excluding hydrogens is 304 g/mol. The van der Waals surface area contributed by atoms with Gasteiger partial charge in [0.15, 0.2) is 11.5 Å². The second-order valence-electron chi connectivity index (χ2n) is 6.08. The van der Waals surface area contributed by atoms with E-state index in [-0.39, 0.29) is 5.88 Å². The van der Waals surface area contributed by atoms with E-state index in [1.807, 2.05) is 37.6 Å². The summed E-state index contributed by atoms with van der Waals surface area (Å²) in [5.41, 5.74) is 2.08. The summed E-state index contributed by atoms with van der Waals surface area (Å²) in [5.74, 6) is 1.61. The second kappa shape index (κ2) is 4.71. The summed E-state index contributed by atoms with van der Waals surface area (Å²) in [6.07, 6.45) is 3.95. The summed E-state index contributed by atoms with van der Waals surface area (Å²) in [6.45, 7) is 1.08. The van der Waals surface area contributed by atoms with E-state index in [2.05, 4.69) is 22.8 Å². The molecule has 0 saturated heterocycles. The molecule has 5 rings (SSSR count). The van der Waals surface area contributed by atoms with E-state index in [9.17, 15) is 5.11 Å². The molecule has 2 aromatic carbocycles. The predicted octanol–water partition coefficient (Wildman–Crippen LogP) is 3.60. The smallest absolute Gasteiger partial charge is 0.203 e. The van der Waals surface area contributed by atoms with Crippen molar-refractivity contribution >= 4 is 21.7 Å². The van der Waals surface area contributed by atoms with Crippen molar-refractivity contribution in [2.75, 3.05) is 13.2 Å². The minimum Gasteiger partial charge on any atom is -0.494 e. The Morgan fingerprint density at radius 2 is 1.75 bits per heavy atom. The van der Waals surface area contributed by atoms with Gasteiger partial charge in [-0.3, -0.25) is 4.57 Å². The van der Waals surface area contributed by atoms with Crippen molar-refractivity contribution in [3.8, 4) is 23.1 Å². The molecule has 5 heteroatoms. The van der Waals surface area contributed by atoms with Crippen LogP contribution >= 0.6 is 0 Å². The van der Waals surface area contributed by atoms with E-state index in [1.54, 1.807) is 4.57 Å². The van der Waals surface area contributed by atoms with Crippen LogP contribution in [0.3, 0.4) is 0 Å². The van der Waals surface area contributed by atoms with Crippen molar-refractivity contribution < 1.29 is 14.6 Å². The molecule has 0 saturated carbocycles. The maximum atomic E-state index is 10.7. The zero-order valence-corrected chi connectivity index (χ0v) is 13.2. The van der Waals surface area contributed by atoms with Gasteiger partial charge in [0.25, 0.3) is 0 Å². The highest BCUT2D eigenvalue weighted by Gasteiger charge is 2.17. The normalized spacial score (nSPS) is 13.7. The molecule has 0 bridgehead atoms. The van der Waals surface area contributed by atoms with Gasteiger partial charge in [0, 0.05) is 46.8 Å². The van der Waals surface area contributed by atoms with Crippen LogP contribution in [0, 0.1) is 0 Å². The van der Waals surface area contributed by atoms with Crippen molar-refractivity contribution in [3.63, 3.8) is 0 Å². The molecule has 0 radical (unpaired) electrons. The highest BCUT2D eigenvalue weighted by atomic mass is 16.6. The molecule has 0 atom stereocenters. The van der Waals surface area contributed by atoms with Gasteiger partial charge in [-0.1, -0.05) is 0 Å². The van der Waals surface area contributed by atoms with Crippen LogP contribution in [0.15, 0.2) is 48.8 Å². The number of hydrogen-bond acceptors (Lipinski definition) is 3. The highest BCUT2D eigenvalue weighted by Crippen LogP contribution is 2.40. The fraction of sp³-hybridized carbons (Fsp3) is 0.158. The van der Waals surface area contributed by atoms with Crippen molar-refractivity contribution in [2.45, 2.75) is 0 Å². The number of aryl methyl sites for hydroxylation is 1. The van der Waals surface area contributed by atoms with E-state index < -0.39 is 0 Å². The number of nitrogens with zero attached hydrogens (tertiary/aromatic N) is 2. The monoisotopic (exact) mass is 320 g/mol. The Kier molecular flexibility index (Phi) is 2.62. The maximum Gasteiger partial charge on any atom is 0.203 e. The van der Waals surface area contributed by atoms with Gasteiger partial charge in [0.05, 0.1) is 0 Å². The van der Waals surface area contributed by atoms with Gasteiger partial charge >= 0.3 is 0 Å². The van der Waals surface area contributed by atoms with Crippen molar-refractivity contribution in [1.82, 2.24) is 9.13 Å². The van der Waals surface area contributed by atoms with E-state index in [0.29, 0.717) is 19.0 Å². The summed E-state index contributed by atoms with van der Waals surface area (Å²) < 4.78 is 15.1. The molecule has 0 unspecified atom stereocenters. The average Bonchev–Trinajstić information content (AvgIpc) is 3.13. The molecule has 5 nitrogen and oxygen atoms in total. The van der Waals surface area contributed by atoms with Gasteiger partial charge in [0.1, 0.15) is 13.2 Å². The second-order valence-corrected chi connectivity index (χ2v) is 6.08. The van der Waals surface area contributed by atoms with Crippen LogP contribution in [0.25, 0.3) is 27.4 Å². The fourth-order valence-corrected chi connectivity index (χ4v) is 3.35. The first-order chi connectivity index (χ1) is 11.7. The van der Waals surface area contributed by atoms with Crippen LogP contribution in [0.1, 0.15) is 0 Å². The van der Waals surface area contributed by atoms with E-state index >= 15 is 0 Å². The third-order valence-electron chi connectivity index (χ3n) is 4.60. The molecule has 0 fully saturated rings. The summed E-state index contributed by atoms with van der Waals surface area (Å²) in [6, 6.07) is 12.0. The Labute approximate surface area is 138 Å². The third kappa shape index (κ3) is 1.81. The van der Waals surface area contributed by atoms with Gasteiger partial charge in [-0.25, -0.2) is 0 Å². The highest BCUT2D eigenvalue weighted by molar-refractivity contribution is 5.92. The lowest BCUT2D eigenvalue weighted by Gasteiger charge is -2.18. The maximum absolute atomic E-state index is 10.7. The molecule has 3 heterocycles. The standard InChI is InChI=1S/C19H16N2O3/c1-20-5-4-12-8-14(2-3-16(12)20)21-11-13-9-17-18(24-7-6-23-17)10-15(13)19(21)22/h2-5,8-11,22H,6-7H2,1H3. The SMILES string of the molecule is Cn1ccc2cc(-n3cc4cc5c(cc4c3O)OCCO5)ccc21. The number of rotatable bonds is 1. The first-order valence-electron chi connectivity index (χ1n) is 7.90. The minimum atomic E-state index is 0.206. The molecule has 1 aliphatic rings. The summed E-state index contributed by atoms with van der Waals surface area (Å²) in [7, 11) is 2.02. The van der Waals surface area contributed by atoms with Gasteiger partial charge < -0.3 is 19.1 Å². The van der Waals surface area contributed by atoms with E-state index in [4.69, 9.17) is 9.47 Å². The molecule has 120 valence electrons. The number of aromatic nitrogens is 2. The summed E-state index contributed by atoms with van der Waals surface area (Å²) >= 11 is 0. The first kappa shape index (κ1) is 13.4. The fourth-order valence-electron chi connectivity index (χ4n) is 3.35. The van der Waals surface area contributed by atoms with Gasteiger partial charge in [-0.05, 0) is 36.4 Å². The number of benzene rings is 2. The lowest BCUT2D eigenvalue weighted by Crippen LogP contribution is -2.14. The Balaban J connectivity index is 1.71. The van der Waals surface area contributed by atoms with Crippen LogP contribution in [0.4, 0.5) is 0 Å². The number of aromatic hydroxyl groups is 1. The van der Waals surface area contributed by atoms with Crippen molar-refractivity contribution in [2.24, 2.45) is 7.05 Å². The lowest BCUT2D eigenvalue weighted by molar-refractivity contribution is 0.172. The average molecular weight is 320 g/mol. The van der Waals surface area contributed by atoms with Crippen LogP contribution in [0.2, 0.25) is 0 Å². The van der Waals surface area contributed by atoms with Crippen LogP contribution in [-0.2, 0) is 7.05 Å². The first-order valence-corrected chi connectivity index (χ1v) is 7.90. The molecule has 24 heavy (non-hydrogen) atoms. The number of ether oxygens (including phenoxy) is 2. The molecule has 0 amide bonds. The Bertz CT molecular complexity index is 1090. The van der Waals surface area contributed by atoms with Gasteiger partial charge in [0.2, 0.25) is 5.88 Å². The van der Waals surface area contributed by atoms with Crippen LogP contribution in [-0.4, -0.2) is 27.5 Å². The summed E-state index contributed by atoms with van der Waals surface area (Å²) in [5, 5.41) is 13.5. The number of fused-ring (bicyclic) bond motifs is 3. The molecular formula is C19H16N2O3. The quantitative estimate of drug-likeness (QED) is 0.583. The minimum absolute atomic E-state index is 0.206. The topological polar surface area (TPSA) is 48.5 Å². The molecule has 0 aliphatic carbocycles. The number of hydrogen-bond donors (Lipinski definition) is 1. The molecule has 4 aromatic rings. The van der Waals surface area contributed by atoms with Gasteiger partial charge in [-0.15, -0.1) is 0 Å². The van der Waals surface area contributed by atoms with E-state index in [0.717, 1.165) is 33.1 Å². The molecule has 2 aromatic heterocycles. The van der Waals surface area contributed by atoms with Crippen LogP contribution in [0.5, 0.6) is 17.4 Å². The molecule has 1 N–H and O–H groups in total. The molecule has 1 aliphatic heterocycles. The molecule has 0 spiro atoms. The zero-order chi connectivity index (χ0) is 16.3. The zero-order valence-electron chi connectivity index (χ0n) is 13.2. The third-order valence-corrected chi connectivity index (χ3v) is 4.60. The van der Waals surface area contributed by atoms with Gasteiger partial charge in [-0.2, -0.15) is 0 Å². The van der Waals surface area contributed by atoms with Crippen molar-refractivity contribution in [3.05, 3.63) is 48.8 Å². The largest absolute Gasteiger partial charge is 0.494 e. The predicted molar refractivity (Wildman–Crippen MR) is 92.4 cm³/mol. The van der Waals surface area contributed by atoms with E-state index in [1.165, 1.54) is 0 Å².